The van der Waals surface area contributed by atoms with Crippen LogP contribution in [0.5, 0.6) is 0 Å². The number of nitrogens with zero attached hydrogens (tertiary/aromatic N) is 1. The summed E-state index contributed by atoms with van der Waals surface area (Å²) in [6, 6.07) is 9.23. The number of anilines is 1. The Kier molecular flexibility index (Phi) is 4.76. The summed E-state index contributed by atoms with van der Waals surface area (Å²) in [5.74, 6) is -0.178. The maximum absolute atomic E-state index is 12.1. The number of aliphatic hydroxyl groups excluding tert-OH is 1. The van der Waals surface area contributed by atoms with Gasteiger partial charge in [0.15, 0.2) is 0 Å². The lowest BCUT2D eigenvalue weighted by atomic mass is 10.1. The highest BCUT2D eigenvalue weighted by atomic mass is 32.1. The predicted molar refractivity (Wildman–Crippen MR) is 82.4 cm³/mol. The molecular formula is C15H18N2O2S. The predicted octanol–water partition coefficient (Wildman–Crippen LogP) is 2.28. The summed E-state index contributed by atoms with van der Waals surface area (Å²) in [5.41, 5.74) is 2.39. The molecule has 1 unspecified atom stereocenters. The fourth-order valence-corrected chi connectivity index (χ4v) is 2.51. The number of hydrogen-bond acceptors (Lipinski definition) is 4. The second-order valence-corrected chi connectivity index (χ2v) is 5.51. The molecule has 106 valence electrons. The van der Waals surface area contributed by atoms with E-state index in [0.29, 0.717) is 5.56 Å². The van der Waals surface area contributed by atoms with Crippen molar-refractivity contribution in [2.45, 2.75) is 6.10 Å². The summed E-state index contributed by atoms with van der Waals surface area (Å²) in [4.78, 5) is 14.0. The first kappa shape index (κ1) is 14.6. The van der Waals surface area contributed by atoms with E-state index < -0.39 is 6.10 Å². The number of rotatable bonds is 5. The summed E-state index contributed by atoms with van der Waals surface area (Å²) in [6.45, 7) is 0.210. The minimum atomic E-state index is -0.665. The van der Waals surface area contributed by atoms with Crippen LogP contribution in [0.25, 0.3) is 0 Å². The van der Waals surface area contributed by atoms with E-state index in [9.17, 15) is 9.90 Å². The van der Waals surface area contributed by atoms with E-state index in [1.165, 1.54) is 11.3 Å². The number of benzene rings is 1. The summed E-state index contributed by atoms with van der Waals surface area (Å²) in [6.07, 6.45) is -0.665. The van der Waals surface area contributed by atoms with E-state index in [1.807, 2.05) is 54.0 Å². The van der Waals surface area contributed by atoms with Crippen LogP contribution in [-0.2, 0) is 0 Å². The standard InChI is InChI=1S/C15H18N2O2S/c1-17(2)13-5-3-4-11(8-13)15(19)16-9-14(18)12-6-7-20-10-12/h3-8,10,14,18H,9H2,1-2H3,(H,16,19). The van der Waals surface area contributed by atoms with E-state index in [1.54, 1.807) is 6.07 Å². The third kappa shape index (κ3) is 3.59. The van der Waals surface area contributed by atoms with Crippen molar-refractivity contribution < 1.29 is 9.90 Å². The molecule has 0 radical (unpaired) electrons. The molecule has 2 N–H and O–H groups in total. The topological polar surface area (TPSA) is 52.6 Å². The summed E-state index contributed by atoms with van der Waals surface area (Å²) in [7, 11) is 3.86. The highest BCUT2D eigenvalue weighted by Gasteiger charge is 2.11. The minimum Gasteiger partial charge on any atom is -0.387 e. The van der Waals surface area contributed by atoms with Crippen molar-refractivity contribution in [2.24, 2.45) is 0 Å². The Hall–Kier alpha value is -1.85. The van der Waals surface area contributed by atoms with Gasteiger partial charge in [-0.1, -0.05) is 6.07 Å². The van der Waals surface area contributed by atoms with Gasteiger partial charge in [-0.3, -0.25) is 4.79 Å². The van der Waals surface area contributed by atoms with Crippen molar-refractivity contribution in [2.75, 3.05) is 25.5 Å². The molecule has 0 saturated heterocycles. The molecule has 0 spiro atoms. The van der Waals surface area contributed by atoms with E-state index in [0.717, 1.165) is 11.3 Å². The molecule has 4 nitrogen and oxygen atoms in total. The van der Waals surface area contributed by atoms with Gasteiger partial charge in [-0.05, 0) is 40.6 Å². The molecule has 1 aromatic carbocycles. The summed E-state index contributed by atoms with van der Waals surface area (Å²) < 4.78 is 0. The Morgan fingerprint density at radius 1 is 1.40 bits per heavy atom. The number of aliphatic hydroxyl groups is 1. The molecule has 1 heterocycles. The minimum absolute atomic E-state index is 0.178. The fraction of sp³-hybridized carbons (Fsp3) is 0.267. The molecule has 20 heavy (non-hydrogen) atoms. The average molecular weight is 290 g/mol. The van der Waals surface area contributed by atoms with Gasteiger partial charge in [-0.25, -0.2) is 0 Å². The van der Waals surface area contributed by atoms with Crippen molar-refractivity contribution in [1.29, 1.82) is 0 Å². The van der Waals surface area contributed by atoms with Gasteiger partial charge in [-0.2, -0.15) is 11.3 Å². The van der Waals surface area contributed by atoms with Crippen LogP contribution in [0.15, 0.2) is 41.1 Å². The monoisotopic (exact) mass is 290 g/mol. The van der Waals surface area contributed by atoms with Gasteiger partial charge in [0.05, 0.1) is 6.10 Å². The highest BCUT2D eigenvalue weighted by molar-refractivity contribution is 7.07. The zero-order valence-electron chi connectivity index (χ0n) is 11.5. The number of amides is 1. The van der Waals surface area contributed by atoms with Crippen molar-refractivity contribution in [3.63, 3.8) is 0 Å². The lowest BCUT2D eigenvalue weighted by Gasteiger charge is -2.14. The Balaban J connectivity index is 1.96. The van der Waals surface area contributed by atoms with Gasteiger partial charge < -0.3 is 15.3 Å². The van der Waals surface area contributed by atoms with Crippen LogP contribution < -0.4 is 10.2 Å². The van der Waals surface area contributed by atoms with Crippen LogP contribution in [0.4, 0.5) is 5.69 Å². The molecule has 2 rings (SSSR count). The smallest absolute Gasteiger partial charge is 0.251 e. The molecule has 5 heteroatoms. The van der Waals surface area contributed by atoms with Crippen LogP contribution in [0, 0.1) is 0 Å². The zero-order valence-corrected chi connectivity index (χ0v) is 12.4. The number of carbonyl (C=O) groups excluding carboxylic acids is 1. The molecule has 0 bridgehead atoms. The second-order valence-electron chi connectivity index (χ2n) is 4.73. The van der Waals surface area contributed by atoms with Gasteiger partial charge in [0, 0.05) is 31.9 Å². The SMILES string of the molecule is CN(C)c1cccc(C(=O)NCC(O)c2ccsc2)c1. The van der Waals surface area contributed by atoms with E-state index in [-0.39, 0.29) is 12.5 Å². The Morgan fingerprint density at radius 2 is 2.20 bits per heavy atom. The van der Waals surface area contributed by atoms with Gasteiger partial charge in [0.1, 0.15) is 0 Å². The Morgan fingerprint density at radius 3 is 2.85 bits per heavy atom. The van der Waals surface area contributed by atoms with Gasteiger partial charge in [0.2, 0.25) is 0 Å². The summed E-state index contributed by atoms with van der Waals surface area (Å²) >= 11 is 1.53. The first-order valence-corrected chi connectivity index (χ1v) is 7.28. The van der Waals surface area contributed by atoms with Gasteiger partial charge in [-0.15, -0.1) is 0 Å². The average Bonchev–Trinajstić information content (AvgIpc) is 2.98. The Bertz CT molecular complexity index is 567. The molecule has 1 aromatic heterocycles. The van der Waals surface area contributed by atoms with Crippen molar-refractivity contribution in [3.8, 4) is 0 Å². The second kappa shape index (κ2) is 6.54. The molecule has 0 aliphatic rings. The van der Waals surface area contributed by atoms with E-state index in [4.69, 9.17) is 0 Å². The molecule has 0 fully saturated rings. The molecular weight excluding hydrogens is 272 g/mol. The normalized spacial score (nSPS) is 11.9. The highest BCUT2D eigenvalue weighted by Crippen LogP contribution is 2.16. The lowest BCUT2D eigenvalue weighted by molar-refractivity contribution is 0.0916. The Labute approximate surface area is 122 Å². The van der Waals surface area contributed by atoms with Crippen LogP contribution in [0.3, 0.4) is 0 Å². The van der Waals surface area contributed by atoms with Crippen LogP contribution >= 0.6 is 11.3 Å². The largest absolute Gasteiger partial charge is 0.387 e. The molecule has 2 aromatic rings. The number of carbonyl (C=O) groups is 1. The molecule has 1 amide bonds. The molecule has 0 aliphatic heterocycles. The zero-order chi connectivity index (χ0) is 14.5. The van der Waals surface area contributed by atoms with Crippen LogP contribution in [0.1, 0.15) is 22.0 Å². The first-order chi connectivity index (χ1) is 9.58. The van der Waals surface area contributed by atoms with Crippen LogP contribution in [-0.4, -0.2) is 31.7 Å². The third-order valence-electron chi connectivity index (χ3n) is 3.01. The maximum atomic E-state index is 12.1. The number of hydrogen-bond donors (Lipinski definition) is 2. The quantitative estimate of drug-likeness (QED) is 0.888. The third-order valence-corrected chi connectivity index (χ3v) is 3.71. The molecule has 0 aliphatic carbocycles. The first-order valence-electron chi connectivity index (χ1n) is 6.33. The van der Waals surface area contributed by atoms with Crippen molar-refractivity contribution in [3.05, 3.63) is 52.2 Å². The number of thiophene rings is 1. The van der Waals surface area contributed by atoms with Gasteiger partial charge in [0.25, 0.3) is 5.91 Å². The fourth-order valence-electron chi connectivity index (χ4n) is 1.80. The molecule has 1 atom stereocenters. The lowest BCUT2D eigenvalue weighted by Crippen LogP contribution is -2.28. The number of nitrogens with one attached hydrogen (secondary N) is 1. The molecule has 0 saturated carbocycles. The van der Waals surface area contributed by atoms with Crippen molar-refractivity contribution >= 4 is 22.9 Å². The van der Waals surface area contributed by atoms with Crippen molar-refractivity contribution in [1.82, 2.24) is 5.32 Å². The van der Waals surface area contributed by atoms with Gasteiger partial charge >= 0.3 is 0 Å². The summed E-state index contributed by atoms with van der Waals surface area (Å²) in [5, 5.41) is 16.5. The maximum Gasteiger partial charge on any atom is 0.251 e. The van der Waals surface area contributed by atoms with Crippen LogP contribution in [0.2, 0.25) is 0 Å². The van der Waals surface area contributed by atoms with E-state index in [2.05, 4.69) is 5.32 Å². The van der Waals surface area contributed by atoms with E-state index >= 15 is 0 Å².